The highest BCUT2D eigenvalue weighted by molar-refractivity contribution is 5.92. The third kappa shape index (κ3) is 5.84. The third-order valence-corrected chi connectivity index (χ3v) is 3.54. The Balaban J connectivity index is 1.87. The van der Waals surface area contributed by atoms with Crippen LogP contribution in [0.15, 0.2) is 42.5 Å². The van der Waals surface area contributed by atoms with Crippen LogP contribution in [0, 0.1) is 6.92 Å². The minimum absolute atomic E-state index is 0.0951. The first-order chi connectivity index (χ1) is 12.0. The molecule has 2 aromatic rings. The molecule has 2 rings (SSSR count). The summed E-state index contributed by atoms with van der Waals surface area (Å²) in [5.74, 6) is -0.243. The number of carbonyl (C=O) groups is 2. The zero-order valence-corrected chi connectivity index (χ0v) is 14.2. The zero-order chi connectivity index (χ0) is 18.2. The standard InChI is InChI=1S/C19H21NO5/c1-3-14-4-6-15(7-5-14)24-11-18(21)20-17-9-8-16(10-13(17)2)25-12-19(22)23/h4-10H,3,11-12H2,1-2H3,(H,20,21)(H,22,23). The van der Waals surface area contributed by atoms with E-state index in [0.29, 0.717) is 17.2 Å². The fraction of sp³-hybridized carbons (Fsp3) is 0.263. The Bertz CT molecular complexity index is 740. The molecule has 0 unspecified atom stereocenters. The van der Waals surface area contributed by atoms with Crippen LogP contribution >= 0.6 is 0 Å². The van der Waals surface area contributed by atoms with E-state index in [4.69, 9.17) is 14.6 Å². The molecule has 0 fully saturated rings. The van der Waals surface area contributed by atoms with Gasteiger partial charge in [-0.15, -0.1) is 0 Å². The molecule has 0 bridgehead atoms. The topological polar surface area (TPSA) is 84.9 Å². The van der Waals surface area contributed by atoms with Crippen molar-refractivity contribution in [2.24, 2.45) is 0 Å². The van der Waals surface area contributed by atoms with Gasteiger partial charge in [0.25, 0.3) is 5.91 Å². The van der Waals surface area contributed by atoms with Gasteiger partial charge in [-0.1, -0.05) is 19.1 Å². The molecule has 0 heterocycles. The van der Waals surface area contributed by atoms with E-state index in [0.717, 1.165) is 12.0 Å². The van der Waals surface area contributed by atoms with E-state index < -0.39 is 12.6 Å². The molecule has 6 heteroatoms. The van der Waals surface area contributed by atoms with Crippen molar-refractivity contribution in [3.8, 4) is 11.5 Å². The number of aliphatic carboxylic acids is 1. The highest BCUT2D eigenvalue weighted by atomic mass is 16.5. The average molecular weight is 343 g/mol. The summed E-state index contributed by atoms with van der Waals surface area (Å²) in [6.07, 6.45) is 0.951. The summed E-state index contributed by atoms with van der Waals surface area (Å²) in [5, 5.41) is 11.4. The molecule has 2 aromatic carbocycles. The van der Waals surface area contributed by atoms with Gasteiger partial charge < -0.3 is 19.9 Å². The maximum Gasteiger partial charge on any atom is 0.341 e. The lowest BCUT2D eigenvalue weighted by Crippen LogP contribution is -2.20. The lowest BCUT2D eigenvalue weighted by molar-refractivity contribution is -0.139. The summed E-state index contributed by atoms with van der Waals surface area (Å²) in [5.41, 5.74) is 2.60. The second-order valence-corrected chi connectivity index (χ2v) is 5.49. The summed E-state index contributed by atoms with van der Waals surface area (Å²) in [6.45, 7) is 3.37. The fourth-order valence-electron chi connectivity index (χ4n) is 2.17. The largest absolute Gasteiger partial charge is 0.484 e. The van der Waals surface area contributed by atoms with Crippen LogP contribution < -0.4 is 14.8 Å². The second-order valence-electron chi connectivity index (χ2n) is 5.49. The molecule has 1 amide bonds. The first-order valence-corrected chi connectivity index (χ1v) is 7.94. The molecule has 132 valence electrons. The van der Waals surface area contributed by atoms with Gasteiger partial charge in [-0.3, -0.25) is 4.79 Å². The SMILES string of the molecule is CCc1ccc(OCC(=O)Nc2ccc(OCC(=O)O)cc2C)cc1. The van der Waals surface area contributed by atoms with Crippen LogP contribution in [-0.4, -0.2) is 30.2 Å². The molecule has 0 aliphatic rings. The molecule has 2 N–H and O–H groups in total. The van der Waals surface area contributed by atoms with E-state index in [9.17, 15) is 9.59 Å². The van der Waals surface area contributed by atoms with E-state index in [1.807, 2.05) is 24.3 Å². The number of benzene rings is 2. The van der Waals surface area contributed by atoms with Crippen molar-refractivity contribution in [2.45, 2.75) is 20.3 Å². The number of nitrogens with one attached hydrogen (secondary N) is 1. The second kappa shape index (κ2) is 8.73. The Morgan fingerprint density at radius 2 is 1.64 bits per heavy atom. The maximum absolute atomic E-state index is 12.0. The number of rotatable bonds is 8. The van der Waals surface area contributed by atoms with Crippen LogP contribution in [0.5, 0.6) is 11.5 Å². The number of aryl methyl sites for hydroxylation is 2. The number of carboxylic acid groups (broad SMARTS) is 1. The van der Waals surface area contributed by atoms with Gasteiger partial charge in [-0.2, -0.15) is 0 Å². The lowest BCUT2D eigenvalue weighted by Gasteiger charge is -2.11. The molecule has 0 saturated heterocycles. The van der Waals surface area contributed by atoms with Crippen molar-refractivity contribution in [1.82, 2.24) is 0 Å². The molecule has 0 aliphatic carbocycles. The van der Waals surface area contributed by atoms with E-state index in [2.05, 4.69) is 12.2 Å². The molecule has 0 aliphatic heterocycles. The highest BCUT2D eigenvalue weighted by Crippen LogP contribution is 2.21. The Morgan fingerprint density at radius 1 is 1.00 bits per heavy atom. The van der Waals surface area contributed by atoms with Crippen LogP contribution in [0.4, 0.5) is 5.69 Å². The van der Waals surface area contributed by atoms with E-state index in [-0.39, 0.29) is 12.5 Å². The van der Waals surface area contributed by atoms with Crippen LogP contribution in [0.25, 0.3) is 0 Å². The van der Waals surface area contributed by atoms with Crippen LogP contribution in [-0.2, 0) is 16.0 Å². The predicted molar refractivity (Wildman–Crippen MR) is 94.3 cm³/mol. The van der Waals surface area contributed by atoms with Crippen LogP contribution in [0.3, 0.4) is 0 Å². The van der Waals surface area contributed by atoms with Gasteiger partial charge in [0, 0.05) is 5.69 Å². The van der Waals surface area contributed by atoms with Gasteiger partial charge in [0.1, 0.15) is 11.5 Å². The Kier molecular flexibility index (Phi) is 6.39. The van der Waals surface area contributed by atoms with Crippen molar-refractivity contribution in [1.29, 1.82) is 0 Å². The molecule has 0 spiro atoms. The fourth-order valence-corrected chi connectivity index (χ4v) is 2.17. The number of amides is 1. The smallest absolute Gasteiger partial charge is 0.341 e. The minimum atomic E-state index is -1.04. The van der Waals surface area contributed by atoms with E-state index in [1.54, 1.807) is 25.1 Å². The summed E-state index contributed by atoms with van der Waals surface area (Å²) in [6, 6.07) is 12.6. The summed E-state index contributed by atoms with van der Waals surface area (Å²) in [7, 11) is 0. The molecular weight excluding hydrogens is 322 g/mol. The zero-order valence-electron chi connectivity index (χ0n) is 14.2. The lowest BCUT2D eigenvalue weighted by atomic mass is 10.2. The van der Waals surface area contributed by atoms with Gasteiger partial charge in [0.2, 0.25) is 0 Å². The number of carboxylic acids is 1. The third-order valence-electron chi connectivity index (χ3n) is 3.54. The average Bonchev–Trinajstić information content (AvgIpc) is 2.60. The van der Waals surface area contributed by atoms with Gasteiger partial charge in [-0.25, -0.2) is 4.79 Å². The Hall–Kier alpha value is -3.02. The Morgan fingerprint density at radius 3 is 2.24 bits per heavy atom. The maximum atomic E-state index is 12.0. The number of anilines is 1. The molecule has 25 heavy (non-hydrogen) atoms. The van der Waals surface area contributed by atoms with Gasteiger partial charge >= 0.3 is 5.97 Å². The minimum Gasteiger partial charge on any atom is -0.484 e. The van der Waals surface area contributed by atoms with Gasteiger partial charge in [-0.05, 0) is 54.8 Å². The molecule has 0 radical (unpaired) electrons. The normalized spacial score (nSPS) is 10.2. The van der Waals surface area contributed by atoms with Gasteiger partial charge in [0.05, 0.1) is 0 Å². The number of carbonyl (C=O) groups excluding carboxylic acids is 1. The first kappa shape index (κ1) is 18.3. The van der Waals surface area contributed by atoms with Crippen molar-refractivity contribution >= 4 is 17.6 Å². The number of hydrogen-bond acceptors (Lipinski definition) is 4. The van der Waals surface area contributed by atoms with Crippen molar-refractivity contribution < 1.29 is 24.2 Å². The summed E-state index contributed by atoms with van der Waals surface area (Å²) >= 11 is 0. The number of ether oxygens (including phenoxy) is 2. The van der Waals surface area contributed by atoms with Gasteiger partial charge in [0.15, 0.2) is 13.2 Å². The molecular formula is C19H21NO5. The quantitative estimate of drug-likeness (QED) is 0.769. The van der Waals surface area contributed by atoms with E-state index >= 15 is 0 Å². The predicted octanol–water partition coefficient (Wildman–Crippen LogP) is 3.04. The first-order valence-electron chi connectivity index (χ1n) is 7.94. The van der Waals surface area contributed by atoms with Crippen LogP contribution in [0.1, 0.15) is 18.1 Å². The van der Waals surface area contributed by atoms with Crippen molar-refractivity contribution in [2.75, 3.05) is 18.5 Å². The Labute approximate surface area is 146 Å². The number of hydrogen-bond donors (Lipinski definition) is 2. The van der Waals surface area contributed by atoms with Crippen molar-refractivity contribution in [3.63, 3.8) is 0 Å². The molecule has 0 aromatic heterocycles. The summed E-state index contributed by atoms with van der Waals surface area (Å²) < 4.78 is 10.6. The highest BCUT2D eigenvalue weighted by Gasteiger charge is 2.08. The monoisotopic (exact) mass is 343 g/mol. The van der Waals surface area contributed by atoms with E-state index in [1.165, 1.54) is 5.56 Å². The van der Waals surface area contributed by atoms with Crippen LogP contribution in [0.2, 0.25) is 0 Å². The molecule has 0 atom stereocenters. The molecule has 0 saturated carbocycles. The summed E-state index contributed by atoms with van der Waals surface area (Å²) in [4.78, 5) is 22.5. The molecule has 6 nitrogen and oxygen atoms in total. The van der Waals surface area contributed by atoms with Crippen molar-refractivity contribution in [3.05, 3.63) is 53.6 Å².